The van der Waals surface area contributed by atoms with Gasteiger partial charge in [0.15, 0.2) is 0 Å². The third kappa shape index (κ3) is 2.45. The van der Waals surface area contributed by atoms with Crippen molar-refractivity contribution in [3.05, 3.63) is 46.4 Å². The first-order valence-corrected chi connectivity index (χ1v) is 6.91. The molecule has 5 heteroatoms. The van der Waals surface area contributed by atoms with Gasteiger partial charge in [-0.15, -0.1) is 0 Å². The molecular formula is C14H18N4O. The zero-order valence-electron chi connectivity index (χ0n) is 10.8. The molecule has 1 saturated carbocycles. The van der Waals surface area contributed by atoms with E-state index in [0.29, 0.717) is 5.92 Å². The maximum Gasteiger partial charge on any atom is 0.361 e. The SMILES string of the molecule is O=c1[nH]nnn1C(c1ccccc1)C1CCCCC1. The van der Waals surface area contributed by atoms with Crippen LogP contribution in [-0.2, 0) is 0 Å². The van der Waals surface area contributed by atoms with Gasteiger partial charge in [0, 0.05) is 0 Å². The fourth-order valence-corrected chi connectivity index (χ4v) is 3.10. The molecule has 1 aromatic carbocycles. The zero-order valence-corrected chi connectivity index (χ0v) is 10.8. The van der Waals surface area contributed by atoms with Crippen LogP contribution < -0.4 is 5.69 Å². The summed E-state index contributed by atoms with van der Waals surface area (Å²) in [5.41, 5.74) is 0.921. The number of H-pyrrole nitrogens is 1. The van der Waals surface area contributed by atoms with Crippen molar-refractivity contribution in [2.75, 3.05) is 0 Å². The average Bonchev–Trinajstić information content (AvgIpc) is 2.88. The van der Waals surface area contributed by atoms with Gasteiger partial charge < -0.3 is 0 Å². The standard InChI is InChI=1S/C14H18N4O/c19-14-15-16-17-18(14)13(11-7-3-1-4-8-11)12-9-5-2-6-10-12/h1,3-4,7-8,12-13H,2,5-6,9-10H2,(H,15,17,19). The molecule has 100 valence electrons. The summed E-state index contributed by atoms with van der Waals surface area (Å²) in [7, 11) is 0. The van der Waals surface area contributed by atoms with Gasteiger partial charge in [0.25, 0.3) is 0 Å². The Balaban J connectivity index is 2.00. The van der Waals surface area contributed by atoms with Gasteiger partial charge in [-0.2, -0.15) is 4.68 Å². The summed E-state index contributed by atoms with van der Waals surface area (Å²) in [4.78, 5) is 11.9. The number of aromatic nitrogens is 4. The van der Waals surface area contributed by atoms with E-state index in [9.17, 15) is 4.79 Å². The Labute approximate surface area is 111 Å². The largest absolute Gasteiger partial charge is 0.361 e. The molecule has 1 fully saturated rings. The summed E-state index contributed by atoms with van der Waals surface area (Å²) in [6.45, 7) is 0. The summed E-state index contributed by atoms with van der Waals surface area (Å²) in [5.74, 6) is 0.471. The highest BCUT2D eigenvalue weighted by atomic mass is 16.2. The van der Waals surface area contributed by atoms with E-state index >= 15 is 0 Å². The van der Waals surface area contributed by atoms with Crippen molar-refractivity contribution in [1.29, 1.82) is 0 Å². The van der Waals surface area contributed by atoms with E-state index < -0.39 is 0 Å². The lowest BCUT2D eigenvalue weighted by Crippen LogP contribution is -2.31. The Morgan fingerprint density at radius 2 is 1.89 bits per heavy atom. The Morgan fingerprint density at radius 1 is 1.16 bits per heavy atom. The first-order valence-electron chi connectivity index (χ1n) is 6.91. The van der Waals surface area contributed by atoms with Crippen molar-refractivity contribution in [2.45, 2.75) is 38.1 Å². The van der Waals surface area contributed by atoms with Crippen molar-refractivity contribution in [3.8, 4) is 0 Å². The highest BCUT2D eigenvalue weighted by molar-refractivity contribution is 5.20. The van der Waals surface area contributed by atoms with E-state index in [1.54, 1.807) is 0 Å². The molecule has 1 aliphatic rings. The van der Waals surface area contributed by atoms with Crippen LogP contribution in [0.2, 0.25) is 0 Å². The van der Waals surface area contributed by atoms with Gasteiger partial charge in [0.1, 0.15) is 0 Å². The average molecular weight is 258 g/mol. The smallest absolute Gasteiger partial charge is 0.244 e. The third-order valence-corrected chi connectivity index (χ3v) is 4.00. The van der Waals surface area contributed by atoms with E-state index in [2.05, 4.69) is 27.7 Å². The van der Waals surface area contributed by atoms with Crippen LogP contribution in [0.5, 0.6) is 0 Å². The molecule has 1 aliphatic carbocycles. The van der Waals surface area contributed by atoms with Crippen LogP contribution in [0.4, 0.5) is 0 Å². The molecule has 3 rings (SSSR count). The van der Waals surface area contributed by atoms with Crippen LogP contribution >= 0.6 is 0 Å². The molecule has 1 N–H and O–H groups in total. The topological polar surface area (TPSA) is 63.6 Å². The Morgan fingerprint density at radius 3 is 2.53 bits per heavy atom. The maximum atomic E-state index is 11.9. The fourth-order valence-electron chi connectivity index (χ4n) is 3.10. The van der Waals surface area contributed by atoms with Gasteiger partial charge in [-0.25, -0.2) is 9.89 Å². The monoisotopic (exact) mass is 258 g/mol. The lowest BCUT2D eigenvalue weighted by Gasteiger charge is -2.29. The number of hydrogen-bond acceptors (Lipinski definition) is 3. The van der Waals surface area contributed by atoms with Gasteiger partial charge in [0.05, 0.1) is 6.04 Å². The molecule has 1 unspecified atom stereocenters. The van der Waals surface area contributed by atoms with Crippen molar-refractivity contribution in [1.82, 2.24) is 20.2 Å². The normalized spacial score (nSPS) is 18.3. The second-order valence-corrected chi connectivity index (χ2v) is 5.20. The second-order valence-electron chi connectivity index (χ2n) is 5.20. The number of nitrogens with one attached hydrogen (secondary N) is 1. The van der Waals surface area contributed by atoms with Crippen LogP contribution in [0, 0.1) is 5.92 Å². The zero-order chi connectivity index (χ0) is 13.1. The molecule has 1 heterocycles. The fraction of sp³-hybridized carbons (Fsp3) is 0.500. The van der Waals surface area contributed by atoms with E-state index in [1.807, 2.05) is 18.2 Å². The molecule has 0 spiro atoms. The second kappa shape index (κ2) is 5.38. The minimum atomic E-state index is -0.223. The number of benzene rings is 1. The van der Waals surface area contributed by atoms with Crippen LogP contribution in [-0.4, -0.2) is 20.2 Å². The van der Waals surface area contributed by atoms with Gasteiger partial charge in [-0.1, -0.05) is 49.6 Å². The third-order valence-electron chi connectivity index (χ3n) is 4.00. The van der Waals surface area contributed by atoms with Gasteiger partial charge >= 0.3 is 5.69 Å². The molecule has 0 saturated heterocycles. The number of hydrogen-bond donors (Lipinski definition) is 1. The van der Waals surface area contributed by atoms with Crippen LogP contribution in [0.15, 0.2) is 35.1 Å². The number of tetrazole rings is 1. The van der Waals surface area contributed by atoms with Gasteiger partial charge in [-0.05, 0) is 34.7 Å². The summed E-state index contributed by atoms with van der Waals surface area (Å²) in [6.07, 6.45) is 6.07. The van der Waals surface area contributed by atoms with E-state index in [-0.39, 0.29) is 11.7 Å². The predicted octanol–water partition coefficient (Wildman–Crippen LogP) is 2.14. The summed E-state index contributed by atoms with van der Waals surface area (Å²) in [5, 5.41) is 10.0. The van der Waals surface area contributed by atoms with Crippen LogP contribution in [0.3, 0.4) is 0 Å². The highest BCUT2D eigenvalue weighted by Crippen LogP contribution is 2.35. The molecule has 2 aromatic rings. The molecule has 0 bridgehead atoms. The van der Waals surface area contributed by atoms with Gasteiger partial charge in [0.2, 0.25) is 0 Å². The summed E-state index contributed by atoms with van der Waals surface area (Å²) < 4.78 is 1.51. The molecule has 0 amide bonds. The molecule has 0 aliphatic heterocycles. The summed E-state index contributed by atoms with van der Waals surface area (Å²) in [6, 6.07) is 10.2. The van der Waals surface area contributed by atoms with Crippen molar-refractivity contribution in [3.63, 3.8) is 0 Å². The Bertz CT molecular complexity index is 568. The molecular weight excluding hydrogens is 240 g/mol. The lowest BCUT2D eigenvalue weighted by molar-refractivity contribution is 0.260. The van der Waals surface area contributed by atoms with E-state index in [1.165, 1.54) is 23.9 Å². The van der Waals surface area contributed by atoms with Crippen molar-refractivity contribution in [2.24, 2.45) is 5.92 Å². The number of rotatable bonds is 3. The number of aromatic amines is 1. The van der Waals surface area contributed by atoms with Gasteiger partial charge in [-0.3, -0.25) is 0 Å². The van der Waals surface area contributed by atoms with Crippen LogP contribution in [0.25, 0.3) is 0 Å². The minimum absolute atomic E-state index is 0.00718. The maximum absolute atomic E-state index is 11.9. The van der Waals surface area contributed by atoms with E-state index in [4.69, 9.17) is 0 Å². The quantitative estimate of drug-likeness (QED) is 0.917. The predicted molar refractivity (Wildman–Crippen MR) is 71.8 cm³/mol. The summed E-state index contributed by atoms with van der Waals surface area (Å²) >= 11 is 0. The first kappa shape index (κ1) is 12.1. The number of nitrogens with zero attached hydrogens (tertiary/aromatic N) is 3. The van der Waals surface area contributed by atoms with Crippen molar-refractivity contribution >= 4 is 0 Å². The van der Waals surface area contributed by atoms with Crippen LogP contribution in [0.1, 0.15) is 43.7 Å². The highest BCUT2D eigenvalue weighted by Gasteiger charge is 2.28. The minimum Gasteiger partial charge on any atom is -0.244 e. The molecule has 5 nitrogen and oxygen atoms in total. The Kier molecular flexibility index (Phi) is 3.44. The van der Waals surface area contributed by atoms with Crippen molar-refractivity contribution < 1.29 is 0 Å². The lowest BCUT2D eigenvalue weighted by atomic mass is 9.81. The molecule has 1 atom stereocenters. The van der Waals surface area contributed by atoms with E-state index in [0.717, 1.165) is 18.4 Å². The molecule has 0 radical (unpaired) electrons. The molecule has 19 heavy (non-hydrogen) atoms. The molecule has 1 aromatic heterocycles. The Hall–Kier alpha value is -1.91. The first-order chi connectivity index (χ1) is 9.36.